The van der Waals surface area contributed by atoms with Crippen molar-refractivity contribution in [3.63, 3.8) is 0 Å². The topological polar surface area (TPSA) is 17.1 Å². The normalized spacial score (nSPS) is 7.57. The Morgan fingerprint density at radius 3 is 2.86 bits per heavy atom. The average molecular weight is 116 g/mol. The molecule has 0 amide bonds. The van der Waals surface area contributed by atoms with Crippen LogP contribution in [0.5, 0.6) is 0 Å². The molecule has 0 aromatic rings. The summed E-state index contributed by atoms with van der Waals surface area (Å²) in [7, 11) is 0. The Labute approximate surface area is 48.3 Å². The van der Waals surface area contributed by atoms with E-state index in [0.717, 1.165) is 12.7 Å². The van der Waals surface area contributed by atoms with Crippen LogP contribution in [-0.2, 0) is 11.1 Å². The first kappa shape index (κ1) is 7.08. The molecule has 0 bridgehead atoms. The molecule has 0 aliphatic carbocycles. The van der Waals surface area contributed by atoms with Crippen molar-refractivity contribution < 1.29 is 4.21 Å². The Balaban J connectivity index is 2.83. The van der Waals surface area contributed by atoms with Crippen LogP contribution in [0.4, 0.5) is 0 Å². The first-order valence-electron chi connectivity index (χ1n) is 2.52. The molecule has 0 heterocycles. The Bertz CT molecular complexity index is 77.8. The van der Waals surface area contributed by atoms with Crippen LogP contribution in [-0.4, -0.2) is 10.4 Å². The first-order valence-corrected chi connectivity index (χ1v) is 3.32. The first-order chi connectivity index (χ1) is 3.41. The van der Waals surface area contributed by atoms with E-state index in [0.29, 0.717) is 11.1 Å². The molecule has 0 rings (SSSR count). The fourth-order valence-electron chi connectivity index (χ4n) is 0.336. The van der Waals surface area contributed by atoms with Crippen LogP contribution in [0.25, 0.3) is 0 Å². The third-order valence-corrected chi connectivity index (χ3v) is 1.12. The zero-order valence-electron chi connectivity index (χ0n) is 4.52. The molecule has 0 N–H and O–H groups in total. The van der Waals surface area contributed by atoms with Gasteiger partial charge in [-0.3, -0.25) is 0 Å². The minimum absolute atomic E-state index is 0.567. The van der Waals surface area contributed by atoms with Crippen LogP contribution >= 0.6 is 0 Å². The number of rotatable bonds is 3. The fraction of sp³-hybridized carbons (Fsp3) is 1.00. The summed E-state index contributed by atoms with van der Waals surface area (Å²) in [6.45, 7) is 2.11. The van der Waals surface area contributed by atoms with E-state index >= 15 is 0 Å². The van der Waals surface area contributed by atoms with E-state index in [-0.39, 0.29) is 0 Å². The van der Waals surface area contributed by atoms with Gasteiger partial charge in [-0.05, 0) is 0 Å². The van der Waals surface area contributed by atoms with Gasteiger partial charge in [0, 0.05) is 0 Å². The maximum absolute atomic E-state index is 9.67. The molecule has 0 saturated carbocycles. The van der Waals surface area contributed by atoms with Crippen molar-refractivity contribution in [2.75, 3.05) is 0 Å². The molecular formula is C4H9BOS. The summed E-state index contributed by atoms with van der Waals surface area (Å²) in [5.41, 5.74) is 0. The molecule has 40 valence electrons. The summed E-state index contributed by atoms with van der Waals surface area (Å²) in [5, 5.41) is 0. The van der Waals surface area contributed by atoms with Crippen LogP contribution in [0.15, 0.2) is 0 Å². The van der Waals surface area contributed by atoms with Crippen LogP contribution in [0.3, 0.4) is 0 Å². The van der Waals surface area contributed by atoms with Gasteiger partial charge in [0.05, 0.1) is 0 Å². The molecule has 0 radical (unpaired) electrons. The Morgan fingerprint density at radius 1 is 1.71 bits per heavy atom. The van der Waals surface area contributed by atoms with Crippen molar-refractivity contribution in [2.24, 2.45) is 0 Å². The zero-order chi connectivity index (χ0) is 5.54. The summed E-state index contributed by atoms with van der Waals surface area (Å²) in [6.07, 6.45) is 4.99. The van der Waals surface area contributed by atoms with Gasteiger partial charge in [-0.15, -0.1) is 0 Å². The van der Waals surface area contributed by atoms with E-state index in [9.17, 15) is 4.21 Å². The van der Waals surface area contributed by atoms with Gasteiger partial charge in [-0.25, -0.2) is 0 Å². The van der Waals surface area contributed by atoms with Crippen molar-refractivity contribution >= 4 is 17.2 Å². The van der Waals surface area contributed by atoms with E-state index < -0.39 is 0 Å². The maximum atomic E-state index is 9.67. The van der Waals surface area contributed by atoms with Crippen molar-refractivity contribution in [3.05, 3.63) is 0 Å². The van der Waals surface area contributed by atoms with Gasteiger partial charge < -0.3 is 0 Å². The Morgan fingerprint density at radius 2 is 2.43 bits per heavy atom. The monoisotopic (exact) mass is 116 g/mol. The summed E-state index contributed by atoms with van der Waals surface area (Å²) in [4.78, 5) is 0. The van der Waals surface area contributed by atoms with Gasteiger partial charge in [0.15, 0.2) is 0 Å². The third-order valence-electron chi connectivity index (χ3n) is 0.744. The fourth-order valence-corrected chi connectivity index (χ4v) is 0.598. The molecule has 0 saturated heterocycles. The van der Waals surface area contributed by atoms with E-state index in [1.165, 1.54) is 6.42 Å². The minimum atomic E-state index is 0.567. The number of unbranched alkanes of at least 4 members (excludes halogenated alkanes) is 1. The second-order valence-corrected chi connectivity index (χ2v) is 1.93. The molecule has 3 heteroatoms. The SMILES string of the molecule is CCCCB=S=O. The Kier molecular flexibility index (Phi) is 6.16. The van der Waals surface area contributed by atoms with Gasteiger partial charge in [-0.1, -0.05) is 0 Å². The van der Waals surface area contributed by atoms with Crippen LogP contribution in [0.1, 0.15) is 19.8 Å². The van der Waals surface area contributed by atoms with Crippen LogP contribution in [0, 0.1) is 0 Å². The van der Waals surface area contributed by atoms with Crippen LogP contribution < -0.4 is 0 Å². The van der Waals surface area contributed by atoms with Gasteiger partial charge in [-0.2, -0.15) is 0 Å². The van der Waals surface area contributed by atoms with Crippen LogP contribution in [0.2, 0.25) is 6.32 Å². The number of hydrogen-bond donors (Lipinski definition) is 0. The van der Waals surface area contributed by atoms with E-state index in [1.807, 2.05) is 0 Å². The molecule has 0 spiro atoms. The zero-order valence-corrected chi connectivity index (χ0v) is 5.33. The predicted octanol–water partition coefficient (Wildman–Crippen LogP) is 1.04. The van der Waals surface area contributed by atoms with Gasteiger partial charge in [0.2, 0.25) is 0 Å². The standard InChI is InChI=1S/C4H9BOS/c1-2-3-4-5-7-6/h2-4H2,1H3. The average Bonchev–Trinajstić information content (AvgIpc) is 1.69. The molecule has 0 unspecified atom stereocenters. The quantitative estimate of drug-likeness (QED) is 0.397. The molecule has 0 fully saturated rings. The summed E-state index contributed by atoms with van der Waals surface area (Å²) in [6, 6.07) is 0. The second kappa shape index (κ2) is 6.08. The molecule has 1 nitrogen and oxygen atoms in total. The molecule has 0 aromatic carbocycles. The van der Waals surface area contributed by atoms with Crippen molar-refractivity contribution in [1.29, 1.82) is 0 Å². The number of hydrogen-bond acceptors (Lipinski definition) is 1. The summed E-state index contributed by atoms with van der Waals surface area (Å²) in [5.74, 6) is 0. The predicted molar refractivity (Wildman–Crippen MR) is 33.6 cm³/mol. The van der Waals surface area contributed by atoms with Crippen molar-refractivity contribution in [1.82, 2.24) is 0 Å². The summed E-state index contributed by atoms with van der Waals surface area (Å²) >= 11 is 0.567. The van der Waals surface area contributed by atoms with Gasteiger partial charge in [0.1, 0.15) is 0 Å². The van der Waals surface area contributed by atoms with Crippen molar-refractivity contribution in [3.8, 4) is 0 Å². The third kappa shape index (κ3) is 6.08. The molecule has 0 aliphatic rings. The van der Waals surface area contributed by atoms with E-state index in [4.69, 9.17) is 0 Å². The molecular weight excluding hydrogens is 107 g/mol. The molecule has 0 atom stereocenters. The van der Waals surface area contributed by atoms with Crippen molar-refractivity contribution in [2.45, 2.75) is 26.1 Å². The molecule has 0 aliphatic heterocycles. The van der Waals surface area contributed by atoms with E-state index in [2.05, 4.69) is 6.92 Å². The summed E-state index contributed by atoms with van der Waals surface area (Å²) < 4.78 is 9.67. The second-order valence-electron chi connectivity index (χ2n) is 1.41. The molecule has 0 aromatic heterocycles. The van der Waals surface area contributed by atoms with Gasteiger partial charge in [0.25, 0.3) is 0 Å². The van der Waals surface area contributed by atoms with Gasteiger partial charge >= 0.3 is 47.5 Å². The molecule has 7 heavy (non-hydrogen) atoms. The van der Waals surface area contributed by atoms with E-state index in [1.54, 1.807) is 6.15 Å². The Hall–Kier alpha value is 0.0849.